The quantitative estimate of drug-likeness (QED) is 0.612. The van der Waals surface area contributed by atoms with Gasteiger partial charge in [0.15, 0.2) is 0 Å². The molecule has 0 saturated heterocycles. The Morgan fingerprint density at radius 2 is 2.21 bits per heavy atom. The molecule has 0 amide bonds. The van der Waals surface area contributed by atoms with Crippen LogP contribution >= 0.6 is 11.8 Å². The lowest BCUT2D eigenvalue weighted by Gasteiger charge is -2.03. The molecule has 14 heavy (non-hydrogen) atoms. The standard InChI is InChI=1S/C10H10O3S/c1-13-8-4-2-3-5-9(8)14-7-6-10(11)12/h2-7H,1H3,(H,11,12)/b7-6-. The van der Waals surface area contributed by atoms with Crippen molar-refractivity contribution in [1.29, 1.82) is 0 Å². The van der Waals surface area contributed by atoms with Crippen LogP contribution in [0.4, 0.5) is 0 Å². The van der Waals surface area contributed by atoms with Crippen LogP contribution in [0.2, 0.25) is 0 Å². The van der Waals surface area contributed by atoms with Crippen molar-refractivity contribution in [2.75, 3.05) is 7.11 Å². The molecule has 0 aromatic heterocycles. The fourth-order valence-electron chi connectivity index (χ4n) is 0.882. The Hall–Kier alpha value is -1.42. The highest BCUT2D eigenvalue weighted by molar-refractivity contribution is 8.02. The molecule has 0 saturated carbocycles. The molecule has 1 aromatic rings. The van der Waals surface area contributed by atoms with E-state index < -0.39 is 5.97 Å². The molecule has 0 fully saturated rings. The van der Waals surface area contributed by atoms with Gasteiger partial charge in [0.25, 0.3) is 0 Å². The number of aliphatic carboxylic acids is 1. The Bertz CT molecular complexity index is 347. The first-order chi connectivity index (χ1) is 6.74. The Kier molecular flexibility index (Phi) is 4.07. The molecule has 0 aliphatic rings. The topological polar surface area (TPSA) is 46.5 Å². The van der Waals surface area contributed by atoms with E-state index >= 15 is 0 Å². The lowest BCUT2D eigenvalue weighted by atomic mass is 10.3. The molecule has 0 aliphatic carbocycles. The van der Waals surface area contributed by atoms with Crippen LogP contribution in [0.15, 0.2) is 40.6 Å². The molecule has 3 nitrogen and oxygen atoms in total. The average molecular weight is 210 g/mol. The number of ether oxygens (including phenoxy) is 1. The van der Waals surface area contributed by atoms with E-state index in [-0.39, 0.29) is 0 Å². The zero-order chi connectivity index (χ0) is 10.4. The second-order valence-corrected chi connectivity index (χ2v) is 3.36. The van der Waals surface area contributed by atoms with Gasteiger partial charge in [-0.05, 0) is 17.5 Å². The summed E-state index contributed by atoms with van der Waals surface area (Å²) < 4.78 is 5.10. The van der Waals surface area contributed by atoms with E-state index in [1.54, 1.807) is 7.11 Å². The molecule has 1 rings (SSSR count). The van der Waals surface area contributed by atoms with Crippen LogP contribution in [0.1, 0.15) is 0 Å². The predicted octanol–water partition coefficient (Wildman–Crippen LogP) is 2.39. The van der Waals surface area contributed by atoms with Crippen LogP contribution in [-0.2, 0) is 4.79 Å². The average Bonchev–Trinajstić information content (AvgIpc) is 2.18. The minimum Gasteiger partial charge on any atom is -0.496 e. The normalized spacial score (nSPS) is 10.4. The molecule has 74 valence electrons. The van der Waals surface area contributed by atoms with Gasteiger partial charge in [0.05, 0.1) is 12.0 Å². The van der Waals surface area contributed by atoms with Gasteiger partial charge in [0.2, 0.25) is 0 Å². The second kappa shape index (κ2) is 5.34. The predicted molar refractivity (Wildman–Crippen MR) is 55.6 cm³/mol. The number of hydrogen-bond acceptors (Lipinski definition) is 3. The van der Waals surface area contributed by atoms with Gasteiger partial charge in [-0.25, -0.2) is 4.79 Å². The summed E-state index contributed by atoms with van der Waals surface area (Å²) in [6.45, 7) is 0. The number of carbonyl (C=O) groups is 1. The molecule has 0 atom stereocenters. The lowest BCUT2D eigenvalue weighted by molar-refractivity contribution is -0.131. The highest BCUT2D eigenvalue weighted by atomic mass is 32.2. The Balaban J connectivity index is 2.71. The molecule has 0 radical (unpaired) electrons. The van der Waals surface area contributed by atoms with E-state index in [1.807, 2.05) is 24.3 Å². The number of benzene rings is 1. The molecule has 0 bridgehead atoms. The number of carboxylic acid groups (broad SMARTS) is 1. The number of carboxylic acids is 1. The summed E-state index contributed by atoms with van der Waals surface area (Å²) in [5.74, 6) is -0.208. The van der Waals surface area contributed by atoms with Crippen molar-refractivity contribution in [3.05, 3.63) is 35.7 Å². The van der Waals surface area contributed by atoms with E-state index in [1.165, 1.54) is 17.2 Å². The fraction of sp³-hybridized carbons (Fsp3) is 0.100. The molecule has 0 heterocycles. The summed E-state index contributed by atoms with van der Waals surface area (Å²) in [5, 5.41) is 9.90. The number of hydrogen-bond donors (Lipinski definition) is 1. The molecule has 0 spiro atoms. The van der Waals surface area contributed by atoms with Crippen LogP contribution < -0.4 is 4.74 Å². The third kappa shape index (κ3) is 3.14. The molecule has 0 aliphatic heterocycles. The third-order valence-corrected chi connectivity index (χ3v) is 2.34. The van der Waals surface area contributed by atoms with Crippen molar-refractivity contribution < 1.29 is 14.6 Å². The van der Waals surface area contributed by atoms with Gasteiger partial charge in [-0.1, -0.05) is 23.9 Å². The van der Waals surface area contributed by atoms with Gasteiger partial charge in [-0.3, -0.25) is 0 Å². The number of thioether (sulfide) groups is 1. The SMILES string of the molecule is COc1ccccc1S/C=C\C(=O)O. The minimum atomic E-state index is -0.951. The maximum absolute atomic E-state index is 10.2. The van der Waals surface area contributed by atoms with E-state index in [0.717, 1.165) is 16.7 Å². The van der Waals surface area contributed by atoms with Crippen LogP contribution in [0, 0.1) is 0 Å². The van der Waals surface area contributed by atoms with Gasteiger partial charge in [-0.15, -0.1) is 0 Å². The van der Waals surface area contributed by atoms with E-state index in [9.17, 15) is 4.79 Å². The Morgan fingerprint density at radius 3 is 2.86 bits per heavy atom. The molecule has 1 N–H and O–H groups in total. The number of rotatable bonds is 4. The maximum Gasteiger partial charge on any atom is 0.328 e. The molecular formula is C10H10O3S. The van der Waals surface area contributed by atoms with Gasteiger partial charge in [0.1, 0.15) is 5.75 Å². The molecule has 1 aromatic carbocycles. The van der Waals surface area contributed by atoms with Gasteiger partial charge >= 0.3 is 5.97 Å². The number of para-hydroxylation sites is 1. The van der Waals surface area contributed by atoms with E-state index in [4.69, 9.17) is 9.84 Å². The van der Waals surface area contributed by atoms with Crippen LogP contribution in [-0.4, -0.2) is 18.2 Å². The van der Waals surface area contributed by atoms with Crippen molar-refractivity contribution in [2.45, 2.75) is 4.90 Å². The van der Waals surface area contributed by atoms with Gasteiger partial charge in [-0.2, -0.15) is 0 Å². The summed E-state index contributed by atoms with van der Waals surface area (Å²) in [7, 11) is 1.58. The Labute approximate surface area is 86.4 Å². The first kappa shape index (κ1) is 10.7. The smallest absolute Gasteiger partial charge is 0.328 e. The second-order valence-electron chi connectivity index (χ2n) is 2.41. The zero-order valence-corrected chi connectivity index (χ0v) is 8.45. The van der Waals surface area contributed by atoms with Crippen LogP contribution in [0.25, 0.3) is 0 Å². The summed E-state index contributed by atoms with van der Waals surface area (Å²) in [6, 6.07) is 7.44. The van der Waals surface area contributed by atoms with Crippen molar-refractivity contribution in [2.24, 2.45) is 0 Å². The van der Waals surface area contributed by atoms with Crippen LogP contribution in [0.3, 0.4) is 0 Å². The van der Waals surface area contributed by atoms with Crippen molar-refractivity contribution in [1.82, 2.24) is 0 Å². The highest BCUT2D eigenvalue weighted by Gasteiger charge is 1.99. The first-order valence-corrected chi connectivity index (χ1v) is 4.81. The van der Waals surface area contributed by atoms with Crippen LogP contribution in [0.5, 0.6) is 5.75 Å². The maximum atomic E-state index is 10.2. The summed E-state index contributed by atoms with van der Waals surface area (Å²) in [6.07, 6.45) is 1.09. The summed E-state index contributed by atoms with van der Waals surface area (Å²) >= 11 is 1.31. The van der Waals surface area contributed by atoms with Crippen molar-refractivity contribution in [3.63, 3.8) is 0 Å². The van der Waals surface area contributed by atoms with Gasteiger partial charge in [0, 0.05) is 6.08 Å². The lowest BCUT2D eigenvalue weighted by Crippen LogP contribution is -1.86. The molecular weight excluding hydrogens is 200 g/mol. The zero-order valence-electron chi connectivity index (χ0n) is 7.64. The minimum absolute atomic E-state index is 0.743. The van der Waals surface area contributed by atoms with Gasteiger partial charge < -0.3 is 9.84 Å². The third-order valence-electron chi connectivity index (χ3n) is 1.47. The highest BCUT2D eigenvalue weighted by Crippen LogP contribution is 2.29. The Morgan fingerprint density at radius 1 is 1.50 bits per heavy atom. The van der Waals surface area contributed by atoms with E-state index in [2.05, 4.69) is 0 Å². The van der Waals surface area contributed by atoms with Crippen molar-refractivity contribution >= 4 is 17.7 Å². The fourth-order valence-corrected chi connectivity index (χ4v) is 1.64. The molecule has 4 heteroatoms. The van der Waals surface area contributed by atoms with E-state index in [0.29, 0.717) is 0 Å². The van der Waals surface area contributed by atoms with Crippen molar-refractivity contribution in [3.8, 4) is 5.75 Å². The largest absolute Gasteiger partial charge is 0.496 e. The summed E-state index contributed by atoms with van der Waals surface area (Å²) in [5.41, 5.74) is 0. The molecule has 0 unspecified atom stereocenters. The monoisotopic (exact) mass is 210 g/mol. The first-order valence-electron chi connectivity index (χ1n) is 3.93. The number of methoxy groups -OCH3 is 1. The summed E-state index contributed by atoms with van der Waals surface area (Å²) in [4.78, 5) is 11.1.